The standard InChI is InChI=1S/C19H23N3OS2/c1-11(2)5-6-24-18-16-15(20-10-21-18)13-7-12-9-23-19(3,4)8-14(12)22-17(13)25-16/h7,10-11H,5-6,8-9H2,1-4H3. The van der Waals surface area contributed by atoms with Gasteiger partial charge >= 0.3 is 0 Å². The minimum Gasteiger partial charge on any atom is -0.370 e. The summed E-state index contributed by atoms with van der Waals surface area (Å²) in [5, 5.41) is 2.22. The maximum Gasteiger partial charge on any atom is 0.126 e. The molecule has 0 bridgehead atoms. The number of hydrogen-bond donors (Lipinski definition) is 0. The molecule has 0 unspecified atom stereocenters. The first kappa shape index (κ1) is 17.2. The highest BCUT2D eigenvalue weighted by Crippen LogP contribution is 2.39. The van der Waals surface area contributed by atoms with Crippen molar-refractivity contribution in [3.8, 4) is 0 Å². The first-order valence-corrected chi connectivity index (χ1v) is 10.6. The molecule has 0 atom stereocenters. The molecular formula is C19H23N3OS2. The Bertz CT molecular complexity index is 933. The Kier molecular flexibility index (Phi) is 4.46. The highest BCUT2D eigenvalue weighted by molar-refractivity contribution is 7.99. The first-order valence-electron chi connectivity index (χ1n) is 8.76. The fraction of sp³-hybridized carbons (Fsp3) is 0.526. The Morgan fingerprint density at radius 1 is 1.32 bits per heavy atom. The van der Waals surface area contributed by atoms with Crippen LogP contribution in [0.1, 0.15) is 45.4 Å². The third kappa shape index (κ3) is 3.39. The zero-order valence-corrected chi connectivity index (χ0v) is 16.8. The number of ether oxygens (including phenoxy) is 1. The van der Waals surface area contributed by atoms with Crippen molar-refractivity contribution in [1.82, 2.24) is 15.0 Å². The van der Waals surface area contributed by atoms with Crippen LogP contribution in [0, 0.1) is 5.92 Å². The predicted molar refractivity (Wildman–Crippen MR) is 105 cm³/mol. The van der Waals surface area contributed by atoms with Crippen LogP contribution in [-0.2, 0) is 17.8 Å². The maximum atomic E-state index is 5.96. The van der Waals surface area contributed by atoms with E-state index in [1.807, 2.05) is 11.8 Å². The summed E-state index contributed by atoms with van der Waals surface area (Å²) in [5.74, 6) is 1.80. The normalized spacial score (nSPS) is 16.7. The van der Waals surface area contributed by atoms with Gasteiger partial charge in [0.25, 0.3) is 0 Å². The molecule has 0 saturated heterocycles. The van der Waals surface area contributed by atoms with Crippen LogP contribution in [0.15, 0.2) is 17.4 Å². The van der Waals surface area contributed by atoms with Gasteiger partial charge < -0.3 is 4.74 Å². The maximum absolute atomic E-state index is 5.96. The van der Waals surface area contributed by atoms with Gasteiger partial charge in [0.15, 0.2) is 0 Å². The molecule has 0 N–H and O–H groups in total. The number of aromatic nitrogens is 3. The number of rotatable bonds is 4. The van der Waals surface area contributed by atoms with E-state index < -0.39 is 0 Å². The molecule has 132 valence electrons. The lowest BCUT2D eigenvalue weighted by Crippen LogP contribution is -2.32. The minimum atomic E-state index is -0.137. The van der Waals surface area contributed by atoms with Crippen LogP contribution < -0.4 is 0 Å². The van der Waals surface area contributed by atoms with Gasteiger partial charge in [0, 0.05) is 17.4 Å². The molecule has 3 aromatic rings. The van der Waals surface area contributed by atoms with Crippen LogP contribution in [0.25, 0.3) is 20.4 Å². The predicted octanol–water partition coefficient (Wildman–Crippen LogP) is 5.23. The second-order valence-electron chi connectivity index (χ2n) is 7.66. The molecule has 25 heavy (non-hydrogen) atoms. The highest BCUT2D eigenvalue weighted by Gasteiger charge is 2.28. The molecule has 6 heteroatoms. The Labute approximate surface area is 156 Å². The van der Waals surface area contributed by atoms with Crippen molar-refractivity contribution < 1.29 is 4.74 Å². The zero-order valence-electron chi connectivity index (χ0n) is 15.1. The van der Waals surface area contributed by atoms with Gasteiger partial charge in [-0.3, -0.25) is 0 Å². The minimum absolute atomic E-state index is 0.137. The molecule has 0 radical (unpaired) electrons. The lowest BCUT2D eigenvalue weighted by Gasteiger charge is -2.30. The first-order chi connectivity index (χ1) is 11.9. The van der Waals surface area contributed by atoms with E-state index in [0.29, 0.717) is 12.5 Å². The second kappa shape index (κ2) is 6.49. The number of thiophene rings is 1. The third-order valence-electron chi connectivity index (χ3n) is 4.53. The van der Waals surface area contributed by atoms with Crippen molar-refractivity contribution in [2.75, 3.05) is 5.75 Å². The number of pyridine rings is 1. The molecule has 1 aliphatic heterocycles. The summed E-state index contributed by atoms with van der Waals surface area (Å²) in [4.78, 5) is 15.1. The summed E-state index contributed by atoms with van der Waals surface area (Å²) in [6, 6.07) is 2.22. The average Bonchev–Trinajstić information content (AvgIpc) is 2.90. The average molecular weight is 374 g/mol. The summed E-state index contributed by atoms with van der Waals surface area (Å²) in [6.07, 6.45) is 3.74. The van der Waals surface area contributed by atoms with Crippen molar-refractivity contribution in [3.05, 3.63) is 23.7 Å². The Balaban J connectivity index is 1.76. The molecule has 0 fully saturated rings. The van der Waals surface area contributed by atoms with Gasteiger partial charge in [0.2, 0.25) is 0 Å². The van der Waals surface area contributed by atoms with E-state index in [1.165, 1.54) is 16.7 Å². The van der Waals surface area contributed by atoms with Crippen molar-refractivity contribution in [2.45, 2.75) is 57.8 Å². The monoisotopic (exact) mass is 373 g/mol. The molecule has 4 rings (SSSR count). The quantitative estimate of drug-likeness (QED) is 0.463. The number of thioether (sulfide) groups is 1. The van der Waals surface area contributed by atoms with Gasteiger partial charge in [-0.05, 0) is 38.0 Å². The molecule has 4 nitrogen and oxygen atoms in total. The van der Waals surface area contributed by atoms with Gasteiger partial charge in [-0.15, -0.1) is 23.1 Å². The van der Waals surface area contributed by atoms with Crippen molar-refractivity contribution in [2.24, 2.45) is 5.92 Å². The van der Waals surface area contributed by atoms with E-state index in [0.717, 1.165) is 38.6 Å². The van der Waals surface area contributed by atoms with Gasteiger partial charge in [-0.1, -0.05) is 13.8 Å². The molecule has 0 amide bonds. The molecule has 4 heterocycles. The summed E-state index contributed by atoms with van der Waals surface area (Å²) in [5.41, 5.74) is 3.25. The highest BCUT2D eigenvalue weighted by atomic mass is 32.2. The van der Waals surface area contributed by atoms with E-state index in [1.54, 1.807) is 17.7 Å². The molecule has 1 aliphatic rings. The number of hydrogen-bond acceptors (Lipinski definition) is 6. The summed E-state index contributed by atoms with van der Waals surface area (Å²) in [6.45, 7) is 9.40. The zero-order chi connectivity index (χ0) is 17.6. The number of fused-ring (bicyclic) bond motifs is 4. The van der Waals surface area contributed by atoms with Crippen molar-refractivity contribution in [1.29, 1.82) is 0 Å². The van der Waals surface area contributed by atoms with E-state index in [-0.39, 0.29) is 5.60 Å². The number of nitrogens with zero attached hydrogens (tertiary/aromatic N) is 3. The third-order valence-corrected chi connectivity index (χ3v) is 6.77. The lowest BCUT2D eigenvalue weighted by atomic mass is 9.95. The van der Waals surface area contributed by atoms with Crippen LogP contribution in [0.4, 0.5) is 0 Å². The van der Waals surface area contributed by atoms with E-state index in [2.05, 4.69) is 43.7 Å². The van der Waals surface area contributed by atoms with Crippen LogP contribution in [0.2, 0.25) is 0 Å². The van der Waals surface area contributed by atoms with Crippen LogP contribution in [-0.4, -0.2) is 26.3 Å². The van der Waals surface area contributed by atoms with E-state index in [4.69, 9.17) is 9.72 Å². The second-order valence-corrected chi connectivity index (χ2v) is 9.74. The van der Waals surface area contributed by atoms with Crippen molar-refractivity contribution in [3.63, 3.8) is 0 Å². The van der Waals surface area contributed by atoms with Gasteiger partial charge in [-0.2, -0.15) is 0 Å². The molecule has 3 aromatic heterocycles. The molecule has 0 spiro atoms. The van der Waals surface area contributed by atoms with Gasteiger partial charge in [0.05, 0.1) is 28.1 Å². The lowest BCUT2D eigenvalue weighted by molar-refractivity contribution is -0.0411. The largest absolute Gasteiger partial charge is 0.370 e. The van der Waals surface area contributed by atoms with Crippen molar-refractivity contribution >= 4 is 43.5 Å². The van der Waals surface area contributed by atoms with Crippen LogP contribution in [0.5, 0.6) is 0 Å². The summed E-state index contributed by atoms with van der Waals surface area (Å²) < 4.78 is 7.12. The van der Waals surface area contributed by atoms with Crippen LogP contribution >= 0.6 is 23.1 Å². The molecular weight excluding hydrogens is 350 g/mol. The van der Waals surface area contributed by atoms with Gasteiger partial charge in [0.1, 0.15) is 16.2 Å². The van der Waals surface area contributed by atoms with Crippen LogP contribution in [0.3, 0.4) is 0 Å². The fourth-order valence-corrected chi connectivity index (χ4v) is 5.51. The fourth-order valence-electron chi connectivity index (χ4n) is 3.06. The Morgan fingerprint density at radius 3 is 2.96 bits per heavy atom. The summed E-state index contributed by atoms with van der Waals surface area (Å²) >= 11 is 3.55. The SMILES string of the molecule is CC(C)CCSc1ncnc2c1sc1nc3c(cc12)COC(C)(C)C3. The Morgan fingerprint density at radius 2 is 2.16 bits per heavy atom. The van der Waals surface area contributed by atoms with E-state index >= 15 is 0 Å². The Hall–Kier alpha value is -1.24. The molecule has 0 aliphatic carbocycles. The molecule has 0 aromatic carbocycles. The smallest absolute Gasteiger partial charge is 0.126 e. The molecule has 0 saturated carbocycles. The summed E-state index contributed by atoms with van der Waals surface area (Å²) in [7, 11) is 0. The van der Waals surface area contributed by atoms with E-state index in [9.17, 15) is 0 Å². The topological polar surface area (TPSA) is 47.9 Å². The van der Waals surface area contributed by atoms with Gasteiger partial charge in [-0.25, -0.2) is 15.0 Å².